The van der Waals surface area contributed by atoms with E-state index in [9.17, 15) is 9.50 Å². The molecule has 2 heterocycles. The van der Waals surface area contributed by atoms with E-state index in [0.29, 0.717) is 6.54 Å². The first-order valence-corrected chi connectivity index (χ1v) is 12.2. The number of aliphatic hydroxyl groups excluding tert-OH is 1. The maximum atomic E-state index is 13.7. The zero-order valence-electron chi connectivity index (χ0n) is 19.0. The molecule has 6 heteroatoms. The molecular weight excluding hydrogens is 451 g/mol. The van der Waals surface area contributed by atoms with Crippen molar-refractivity contribution in [1.82, 2.24) is 9.88 Å². The van der Waals surface area contributed by atoms with Crippen molar-refractivity contribution in [3.63, 3.8) is 0 Å². The Morgan fingerprint density at radius 3 is 2.62 bits per heavy atom. The molecule has 1 aliphatic carbocycles. The van der Waals surface area contributed by atoms with Crippen molar-refractivity contribution < 1.29 is 14.2 Å². The lowest BCUT2D eigenvalue weighted by atomic mass is 9.88. The number of para-hydroxylation sites is 1. The van der Waals surface area contributed by atoms with Crippen molar-refractivity contribution in [2.24, 2.45) is 0 Å². The molecule has 1 atom stereocenters. The average Bonchev–Trinajstić information content (AvgIpc) is 3.01. The van der Waals surface area contributed by atoms with Crippen molar-refractivity contribution in [1.29, 1.82) is 0 Å². The van der Waals surface area contributed by atoms with E-state index >= 15 is 0 Å². The first-order valence-electron chi connectivity index (χ1n) is 11.8. The van der Waals surface area contributed by atoms with Gasteiger partial charge in [-0.15, -0.1) is 0 Å². The van der Waals surface area contributed by atoms with Crippen molar-refractivity contribution in [2.45, 2.75) is 31.8 Å². The molecule has 0 bridgehead atoms. The maximum absolute atomic E-state index is 13.7. The Morgan fingerprint density at radius 1 is 1.00 bits per heavy atom. The molecule has 0 saturated carbocycles. The number of aliphatic hydroxyl groups is 1. The number of pyridine rings is 1. The van der Waals surface area contributed by atoms with E-state index in [1.807, 2.05) is 18.3 Å². The smallest absolute Gasteiger partial charge is 0.165 e. The van der Waals surface area contributed by atoms with Gasteiger partial charge in [-0.2, -0.15) is 0 Å². The van der Waals surface area contributed by atoms with Gasteiger partial charge in [-0.25, -0.2) is 4.39 Å². The van der Waals surface area contributed by atoms with E-state index in [4.69, 9.17) is 21.3 Å². The summed E-state index contributed by atoms with van der Waals surface area (Å²) in [6.07, 6.45) is 4.92. The number of piperidine rings is 1. The van der Waals surface area contributed by atoms with Gasteiger partial charge in [0.15, 0.2) is 11.6 Å². The molecule has 0 spiro atoms. The molecule has 1 aliphatic heterocycles. The highest BCUT2D eigenvalue weighted by atomic mass is 35.5. The Labute approximate surface area is 204 Å². The molecule has 1 fully saturated rings. The minimum atomic E-state index is -0.683. The van der Waals surface area contributed by atoms with Crippen LogP contribution in [-0.2, 0) is 12.8 Å². The Kier molecular flexibility index (Phi) is 6.95. The van der Waals surface area contributed by atoms with E-state index in [0.717, 1.165) is 49.5 Å². The van der Waals surface area contributed by atoms with Gasteiger partial charge in [0, 0.05) is 36.4 Å². The van der Waals surface area contributed by atoms with Gasteiger partial charge in [-0.3, -0.25) is 9.88 Å². The first-order chi connectivity index (χ1) is 16.6. The molecule has 1 N–H and O–H groups in total. The number of ether oxygens (including phenoxy) is 1. The number of rotatable bonds is 5. The largest absolute Gasteiger partial charge is 0.488 e. The number of hydrogen-bond donors (Lipinski definition) is 1. The second-order valence-electron chi connectivity index (χ2n) is 8.99. The minimum Gasteiger partial charge on any atom is -0.488 e. The van der Waals surface area contributed by atoms with Gasteiger partial charge in [0.1, 0.15) is 12.7 Å². The number of benzene rings is 2. The van der Waals surface area contributed by atoms with Crippen LogP contribution in [0.15, 0.2) is 66.4 Å². The Balaban J connectivity index is 1.30. The van der Waals surface area contributed by atoms with Crippen molar-refractivity contribution >= 4 is 17.2 Å². The summed E-state index contributed by atoms with van der Waals surface area (Å²) in [5.74, 6) is -0.242. The van der Waals surface area contributed by atoms with Crippen molar-refractivity contribution in [3.8, 4) is 5.75 Å². The molecule has 3 aromatic rings. The van der Waals surface area contributed by atoms with Crippen LogP contribution in [0.3, 0.4) is 0 Å². The second-order valence-corrected chi connectivity index (χ2v) is 9.42. The lowest BCUT2D eigenvalue weighted by Crippen LogP contribution is -2.39. The zero-order chi connectivity index (χ0) is 23.5. The summed E-state index contributed by atoms with van der Waals surface area (Å²) in [4.78, 5) is 7.04. The molecule has 5 rings (SSSR count). The molecule has 2 aromatic carbocycles. The molecule has 0 amide bonds. The first kappa shape index (κ1) is 23.0. The quantitative estimate of drug-likeness (QED) is 0.539. The number of aromatic nitrogens is 1. The van der Waals surface area contributed by atoms with Crippen LogP contribution in [0, 0.1) is 5.82 Å². The summed E-state index contributed by atoms with van der Waals surface area (Å²) in [6, 6.07) is 16.7. The van der Waals surface area contributed by atoms with Crippen molar-refractivity contribution in [3.05, 3.63) is 99.6 Å². The number of fused-ring (bicyclic) bond motifs is 2. The van der Waals surface area contributed by atoms with Crippen LogP contribution in [0.5, 0.6) is 5.75 Å². The van der Waals surface area contributed by atoms with E-state index in [1.165, 1.54) is 33.9 Å². The van der Waals surface area contributed by atoms with Crippen LogP contribution >= 0.6 is 11.6 Å². The van der Waals surface area contributed by atoms with Gasteiger partial charge in [-0.05, 0) is 72.7 Å². The number of likely N-dealkylation sites (tertiary alicyclic amines) is 1. The second kappa shape index (κ2) is 10.3. The molecular formula is C28H28ClFN2O2. The molecule has 1 aromatic heterocycles. The molecule has 176 valence electrons. The predicted octanol–water partition coefficient (Wildman–Crippen LogP) is 5.31. The van der Waals surface area contributed by atoms with Crippen LogP contribution in [0.1, 0.15) is 35.2 Å². The molecule has 1 saturated heterocycles. The van der Waals surface area contributed by atoms with E-state index in [1.54, 1.807) is 18.2 Å². The molecule has 34 heavy (non-hydrogen) atoms. The van der Waals surface area contributed by atoms with Gasteiger partial charge in [0.25, 0.3) is 0 Å². The van der Waals surface area contributed by atoms with E-state index in [2.05, 4.69) is 23.1 Å². The van der Waals surface area contributed by atoms with Gasteiger partial charge >= 0.3 is 0 Å². The fraction of sp³-hybridized carbons (Fsp3) is 0.321. The molecule has 0 radical (unpaired) electrons. The van der Waals surface area contributed by atoms with Gasteiger partial charge in [-0.1, -0.05) is 41.4 Å². The maximum Gasteiger partial charge on any atom is 0.165 e. The highest BCUT2D eigenvalue weighted by molar-refractivity contribution is 6.30. The summed E-state index contributed by atoms with van der Waals surface area (Å²) in [5.41, 5.74) is 7.53. The fourth-order valence-electron chi connectivity index (χ4n) is 4.99. The van der Waals surface area contributed by atoms with Gasteiger partial charge < -0.3 is 9.84 Å². The standard InChI is InChI=1S/C28H28ClFN2O2/c29-22-9-10-24-21(16-22)8-7-20-4-3-13-31-28(20)27(24)19-11-14-32(15-12-19)17-23(33)18-34-26-6-2-1-5-25(26)30/h1-6,9-10,13,16,23,33H,7-8,11-12,14-15,17-18H2. The summed E-state index contributed by atoms with van der Waals surface area (Å²) >= 11 is 6.32. The van der Waals surface area contributed by atoms with Gasteiger partial charge in [0.05, 0.1) is 5.69 Å². The van der Waals surface area contributed by atoms with Crippen molar-refractivity contribution in [2.75, 3.05) is 26.2 Å². The summed E-state index contributed by atoms with van der Waals surface area (Å²) in [7, 11) is 0. The number of halogens is 2. The van der Waals surface area contributed by atoms with Crippen LogP contribution in [0.2, 0.25) is 5.02 Å². The SMILES string of the molecule is OC(COc1ccccc1F)CN1CCC(=C2c3ccc(Cl)cc3CCc3cccnc32)CC1. The van der Waals surface area contributed by atoms with E-state index < -0.39 is 11.9 Å². The average molecular weight is 479 g/mol. The van der Waals surface area contributed by atoms with Crippen LogP contribution in [-0.4, -0.2) is 47.3 Å². The third-order valence-electron chi connectivity index (χ3n) is 6.68. The highest BCUT2D eigenvalue weighted by Gasteiger charge is 2.26. The minimum absolute atomic E-state index is 0.0663. The third-order valence-corrected chi connectivity index (χ3v) is 6.91. The highest BCUT2D eigenvalue weighted by Crippen LogP contribution is 2.38. The monoisotopic (exact) mass is 478 g/mol. The zero-order valence-corrected chi connectivity index (χ0v) is 19.8. The third kappa shape index (κ3) is 5.02. The Morgan fingerprint density at radius 2 is 1.79 bits per heavy atom. The molecule has 1 unspecified atom stereocenters. The number of aryl methyl sites for hydroxylation is 2. The Hall–Kier alpha value is -2.73. The van der Waals surface area contributed by atoms with Crippen LogP contribution in [0.4, 0.5) is 4.39 Å². The number of nitrogens with zero attached hydrogens (tertiary/aromatic N) is 2. The molecule has 2 aliphatic rings. The fourth-order valence-corrected chi connectivity index (χ4v) is 5.18. The topological polar surface area (TPSA) is 45.6 Å². The van der Waals surface area contributed by atoms with Crippen LogP contribution in [0.25, 0.3) is 5.57 Å². The summed E-state index contributed by atoms with van der Waals surface area (Å²) in [6.45, 7) is 2.26. The lowest BCUT2D eigenvalue weighted by Gasteiger charge is -2.31. The number of hydrogen-bond acceptors (Lipinski definition) is 4. The Bertz CT molecular complexity index is 1200. The van der Waals surface area contributed by atoms with Gasteiger partial charge in [0.2, 0.25) is 0 Å². The number of β-amino-alcohol motifs (C(OH)–C–C–N with tert-alkyl or cyclic N) is 1. The summed E-state index contributed by atoms with van der Waals surface area (Å²) in [5, 5.41) is 11.2. The van der Waals surface area contributed by atoms with E-state index in [-0.39, 0.29) is 12.4 Å². The normalized spacial score (nSPS) is 17.0. The molecule has 4 nitrogen and oxygen atoms in total. The predicted molar refractivity (Wildman–Crippen MR) is 133 cm³/mol. The summed E-state index contributed by atoms with van der Waals surface area (Å²) < 4.78 is 19.2. The lowest BCUT2D eigenvalue weighted by molar-refractivity contribution is 0.0643. The van der Waals surface area contributed by atoms with Crippen LogP contribution < -0.4 is 4.74 Å².